The van der Waals surface area contributed by atoms with E-state index in [2.05, 4.69) is 33.8 Å². The first-order valence-corrected chi connectivity index (χ1v) is 14.5. The Labute approximate surface area is 242 Å². The number of aryl methyl sites for hydroxylation is 2. The van der Waals surface area contributed by atoms with Gasteiger partial charge in [0.2, 0.25) is 0 Å². The van der Waals surface area contributed by atoms with Gasteiger partial charge in [-0.25, -0.2) is 4.98 Å². The Morgan fingerprint density at radius 2 is 1.59 bits per heavy atom. The maximum absolute atomic E-state index is 13.3. The van der Waals surface area contributed by atoms with Crippen LogP contribution in [0, 0.1) is 13.8 Å². The molecule has 1 aliphatic heterocycles. The second kappa shape index (κ2) is 12.4. The molecule has 0 saturated carbocycles. The summed E-state index contributed by atoms with van der Waals surface area (Å²) in [5.74, 6) is -0.0834. The van der Waals surface area contributed by atoms with Gasteiger partial charge in [-0.3, -0.25) is 9.69 Å². The largest absolute Gasteiger partial charge is 0.416 e. The van der Waals surface area contributed by atoms with E-state index in [0.29, 0.717) is 44.0 Å². The van der Waals surface area contributed by atoms with Crippen LogP contribution in [0.4, 0.5) is 18.9 Å². The fraction of sp³-hybridized carbons (Fsp3) is 0.312. The molecule has 0 aliphatic carbocycles. The number of carbonyl (C=O) groups is 1. The molecule has 0 atom stereocenters. The van der Waals surface area contributed by atoms with Crippen LogP contribution < -0.4 is 4.90 Å². The van der Waals surface area contributed by atoms with Gasteiger partial charge < -0.3 is 9.80 Å². The summed E-state index contributed by atoms with van der Waals surface area (Å²) >= 11 is 1.41. The van der Waals surface area contributed by atoms with Crippen LogP contribution in [-0.2, 0) is 25.8 Å². The number of alkyl halides is 3. The van der Waals surface area contributed by atoms with Crippen molar-refractivity contribution >= 4 is 22.9 Å². The van der Waals surface area contributed by atoms with E-state index in [-0.39, 0.29) is 5.91 Å². The minimum absolute atomic E-state index is 0.0834. The minimum atomic E-state index is -4.40. The molecule has 2 heterocycles. The predicted octanol–water partition coefficient (Wildman–Crippen LogP) is 6.94. The zero-order valence-corrected chi connectivity index (χ0v) is 24.0. The SMILES string of the molecule is Cc1ccc(CN(Cc2cccc(C(F)(F)F)c2)Cc2nc(C(=O)N3CCN(c4ccccc4C)CC3)cs2)cc1. The number of anilines is 1. The van der Waals surface area contributed by atoms with E-state index < -0.39 is 11.7 Å². The molecule has 5 rings (SSSR count). The zero-order chi connectivity index (χ0) is 29.0. The number of hydrogen-bond acceptors (Lipinski definition) is 5. The maximum atomic E-state index is 13.3. The first kappa shape index (κ1) is 28.8. The second-order valence-corrected chi connectivity index (χ2v) is 11.5. The van der Waals surface area contributed by atoms with E-state index >= 15 is 0 Å². The molecule has 1 amide bonds. The number of amides is 1. The number of nitrogens with zero attached hydrogens (tertiary/aromatic N) is 4. The van der Waals surface area contributed by atoms with Gasteiger partial charge in [-0.1, -0.05) is 66.2 Å². The van der Waals surface area contributed by atoms with Crippen LogP contribution in [0.15, 0.2) is 78.2 Å². The lowest BCUT2D eigenvalue weighted by Gasteiger charge is -2.36. The summed E-state index contributed by atoms with van der Waals surface area (Å²) in [7, 11) is 0. The lowest BCUT2D eigenvalue weighted by Crippen LogP contribution is -2.49. The van der Waals surface area contributed by atoms with Gasteiger partial charge in [0.05, 0.1) is 12.1 Å². The number of aromatic nitrogens is 1. The smallest absolute Gasteiger partial charge is 0.368 e. The fourth-order valence-electron chi connectivity index (χ4n) is 5.13. The fourth-order valence-corrected chi connectivity index (χ4v) is 5.94. The molecule has 3 aromatic carbocycles. The monoisotopic (exact) mass is 578 g/mol. The van der Waals surface area contributed by atoms with Crippen LogP contribution in [0.5, 0.6) is 0 Å². The maximum Gasteiger partial charge on any atom is 0.416 e. The van der Waals surface area contributed by atoms with Gasteiger partial charge in [0.25, 0.3) is 5.91 Å². The van der Waals surface area contributed by atoms with Crippen LogP contribution in [0.2, 0.25) is 0 Å². The summed E-state index contributed by atoms with van der Waals surface area (Å²) < 4.78 is 40.0. The van der Waals surface area contributed by atoms with Crippen molar-refractivity contribution in [2.24, 2.45) is 0 Å². The summed E-state index contributed by atoms with van der Waals surface area (Å²) in [4.78, 5) is 24.2. The van der Waals surface area contributed by atoms with Crippen LogP contribution >= 0.6 is 11.3 Å². The van der Waals surface area contributed by atoms with Crippen LogP contribution in [0.25, 0.3) is 0 Å². The number of benzene rings is 3. The molecule has 0 N–H and O–H groups in total. The molecule has 0 spiro atoms. The Hall–Kier alpha value is -3.69. The van der Waals surface area contributed by atoms with Crippen LogP contribution in [-0.4, -0.2) is 46.9 Å². The Kier molecular flexibility index (Phi) is 8.75. The third-order valence-electron chi connectivity index (χ3n) is 7.34. The van der Waals surface area contributed by atoms with Gasteiger partial charge in [0, 0.05) is 50.3 Å². The van der Waals surface area contributed by atoms with Gasteiger partial charge in [0.1, 0.15) is 10.7 Å². The molecule has 1 fully saturated rings. The van der Waals surface area contributed by atoms with Crippen molar-refractivity contribution in [3.05, 3.63) is 117 Å². The summed E-state index contributed by atoms with van der Waals surface area (Å²) in [6.45, 7) is 8.15. The highest BCUT2D eigenvalue weighted by Crippen LogP contribution is 2.30. The van der Waals surface area contributed by atoms with E-state index in [1.807, 2.05) is 48.2 Å². The third-order valence-corrected chi connectivity index (χ3v) is 8.17. The average molecular weight is 579 g/mol. The lowest BCUT2D eigenvalue weighted by atomic mass is 10.1. The first-order chi connectivity index (χ1) is 19.7. The van der Waals surface area contributed by atoms with Gasteiger partial charge in [-0.2, -0.15) is 13.2 Å². The van der Waals surface area contributed by atoms with Crippen molar-refractivity contribution in [3.8, 4) is 0 Å². The molecular formula is C32H33F3N4OS. The van der Waals surface area contributed by atoms with Crippen molar-refractivity contribution in [2.45, 2.75) is 39.7 Å². The van der Waals surface area contributed by atoms with Gasteiger partial charge in [-0.05, 0) is 42.7 Å². The molecule has 41 heavy (non-hydrogen) atoms. The van der Waals surface area contributed by atoms with Crippen LogP contribution in [0.3, 0.4) is 0 Å². The minimum Gasteiger partial charge on any atom is -0.368 e. The Morgan fingerprint density at radius 3 is 2.29 bits per heavy atom. The van der Waals surface area contributed by atoms with Gasteiger partial charge in [-0.15, -0.1) is 11.3 Å². The van der Waals surface area contributed by atoms with Gasteiger partial charge >= 0.3 is 6.18 Å². The molecule has 1 saturated heterocycles. The highest BCUT2D eigenvalue weighted by Gasteiger charge is 2.30. The molecule has 1 aliphatic rings. The van der Waals surface area contributed by atoms with E-state index in [1.165, 1.54) is 34.7 Å². The number of carbonyl (C=O) groups excluding carboxylic acids is 1. The predicted molar refractivity (Wildman–Crippen MR) is 157 cm³/mol. The Bertz CT molecular complexity index is 1480. The highest BCUT2D eigenvalue weighted by molar-refractivity contribution is 7.09. The normalized spacial score (nSPS) is 14.1. The van der Waals surface area contributed by atoms with Crippen molar-refractivity contribution in [3.63, 3.8) is 0 Å². The Morgan fingerprint density at radius 1 is 0.878 bits per heavy atom. The number of halogens is 3. The summed E-state index contributed by atoms with van der Waals surface area (Å²) in [5.41, 5.74) is 4.95. The van der Waals surface area contributed by atoms with E-state index in [9.17, 15) is 18.0 Å². The van der Waals surface area contributed by atoms with Gasteiger partial charge in [0.15, 0.2) is 0 Å². The molecule has 214 valence electrons. The topological polar surface area (TPSA) is 39.7 Å². The Balaban J connectivity index is 1.27. The molecule has 5 nitrogen and oxygen atoms in total. The highest BCUT2D eigenvalue weighted by atomic mass is 32.1. The van der Waals surface area contributed by atoms with Crippen molar-refractivity contribution < 1.29 is 18.0 Å². The second-order valence-electron chi connectivity index (χ2n) is 10.5. The molecule has 9 heteroatoms. The quantitative estimate of drug-likeness (QED) is 0.227. The van der Waals surface area contributed by atoms with Crippen molar-refractivity contribution in [1.82, 2.24) is 14.8 Å². The molecule has 0 unspecified atom stereocenters. The van der Waals surface area contributed by atoms with Crippen LogP contribution in [0.1, 0.15) is 43.3 Å². The number of para-hydroxylation sites is 1. The summed E-state index contributed by atoms with van der Waals surface area (Å²) in [6.07, 6.45) is -4.40. The first-order valence-electron chi connectivity index (χ1n) is 13.6. The zero-order valence-electron chi connectivity index (χ0n) is 23.2. The number of hydrogen-bond donors (Lipinski definition) is 0. The molecule has 1 aromatic heterocycles. The van der Waals surface area contributed by atoms with Crippen molar-refractivity contribution in [1.29, 1.82) is 0 Å². The molecular weight excluding hydrogens is 545 g/mol. The van der Waals surface area contributed by atoms with E-state index in [4.69, 9.17) is 0 Å². The lowest BCUT2D eigenvalue weighted by molar-refractivity contribution is -0.137. The summed E-state index contributed by atoms with van der Waals surface area (Å²) in [6, 6.07) is 21.8. The molecule has 4 aromatic rings. The van der Waals surface area contributed by atoms with E-state index in [1.54, 1.807) is 11.4 Å². The standard InChI is InChI=1S/C32H33F3N4OS/c1-23-10-12-25(13-11-23)19-37(20-26-7-5-8-27(18-26)32(33,34)35)21-30-36-28(22-41-30)31(40)39-16-14-38(15-17-39)29-9-4-3-6-24(29)2/h3-13,18,22H,14-17,19-21H2,1-2H3. The van der Waals surface area contributed by atoms with Crippen molar-refractivity contribution in [2.75, 3.05) is 31.1 Å². The third kappa shape index (κ3) is 7.34. The number of rotatable bonds is 8. The molecule has 0 radical (unpaired) electrons. The number of piperazine rings is 1. The average Bonchev–Trinajstić information content (AvgIpc) is 3.42. The molecule has 0 bridgehead atoms. The van der Waals surface area contributed by atoms with E-state index in [0.717, 1.165) is 35.3 Å². The number of thiazole rings is 1. The summed E-state index contributed by atoms with van der Waals surface area (Å²) in [5, 5.41) is 2.55.